The van der Waals surface area contributed by atoms with Crippen LogP contribution in [0.2, 0.25) is 0 Å². The first kappa shape index (κ1) is 28.5. The van der Waals surface area contributed by atoms with Crippen LogP contribution in [0.25, 0.3) is 11.1 Å². The zero-order valence-corrected chi connectivity index (χ0v) is 25.9. The molecule has 1 saturated heterocycles. The van der Waals surface area contributed by atoms with Gasteiger partial charge in [0.05, 0.1) is 6.61 Å². The zero-order valence-electron chi connectivity index (χ0n) is 25.9. The molecule has 226 valence electrons. The normalized spacial score (nSPS) is 27.2. The molecule has 1 aliphatic heterocycles. The van der Waals surface area contributed by atoms with Crippen LogP contribution >= 0.6 is 0 Å². The van der Waals surface area contributed by atoms with E-state index in [0.717, 1.165) is 61.8 Å². The van der Waals surface area contributed by atoms with Gasteiger partial charge in [-0.25, -0.2) is 0 Å². The Labute approximate surface area is 257 Å². The number of nitrogens with one attached hydrogen (secondary N) is 1. The van der Waals surface area contributed by atoms with Crippen molar-refractivity contribution >= 4 is 11.6 Å². The molecule has 5 aliphatic rings. The molecular formula is C38H47N3O2. The highest BCUT2D eigenvalue weighted by molar-refractivity contribution is 5.94. The van der Waals surface area contributed by atoms with E-state index in [-0.39, 0.29) is 5.91 Å². The Bertz CT molecular complexity index is 1370. The first-order valence-corrected chi connectivity index (χ1v) is 16.7. The molecule has 3 aromatic carbocycles. The molecule has 1 atom stereocenters. The third-order valence-corrected chi connectivity index (χ3v) is 11.0. The molecule has 0 spiro atoms. The van der Waals surface area contributed by atoms with Gasteiger partial charge in [0.1, 0.15) is 5.75 Å². The van der Waals surface area contributed by atoms with Crippen LogP contribution in [0.15, 0.2) is 72.8 Å². The first-order valence-electron chi connectivity index (χ1n) is 16.7. The fourth-order valence-electron chi connectivity index (χ4n) is 9.16. The Kier molecular flexibility index (Phi) is 7.94. The molecule has 4 aliphatic carbocycles. The Morgan fingerprint density at radius 1 is 0.860 bits per heavy atom. The highest BCUT2D eigenvalue weighted by atomic mass is 16.5. The molecule has 4 saturated carbocycles. The van der Waals surface area contributed by atoms with Crippen LogP contribution in [0.3, 0.4) is 0 Å². The van der Waals surface area contributed by atoms with E-state index in [0.29, 0.717) is 18.1 Å². The summed E-state index contributed by atoms with van der Waals surface area (Å²) in [5.41, 5.74) is 6.12. The van der Waals surface area contributed by atoms with Crippen LogP contribution in [0, 0.1) is 23.2 Å². The SMILES string of the molecule is CCOc1cccc(-c2ccc(C(C)N3CCN(c4ccc(C(=O)NCC56CC7CC(CC(C7)C5)C6)cc4)CC3)cc2)c1. The van der Waals surface area contributed by atoms with E-state index in [1.807, 2.05) is 25.1 Å². The van der Waals surface area contributed by atoms with Gasteiger partial charge < -0.3 is 15.0 Å². The minimum Gasteiger partial charge on any atom is -0.494 e. The molecule has 1 unspecified atom stereocenters. The molecule has 1 amide bonds. The summed E-state index contributed by atoms with van der Waals surface area (Å²) in [7, 11) is 0. The molecule has 1 heterocycles. The van der Waals surface area contributed by atoms with Crippen molar-refractivity contribution in [1.29, 1.82) is 0 Å². The quantitative estimate of drug-likeness (QED) is 0.285. The molecule has 3 aromatic rings. The summed E-state index contributed by atoms with van der Waals surface area (Å²) < 4.78 is 5.68. The van der Waals surface area contributed by atoms with Crippen LogP contribution in [0.1, 0.15) is 74.3 Å². The lowest BCUT2D eigenvalue weighted by molar-refractivity contribution is -0.0503. The lowest BCUT2D eigenvalue weighted by Gasteiger charge is -2.56. The number of anilines is 1. The van der Waals surface area contributed by atoms with E-state index < -0.39 is 0 Å². The molecular weight excluding hydrogens is 530 g/mol. The second-order valence-electron chi connectivity index (χ2n) is 13.9. The van der Waals surface area contributed by atoms with Crippen molar-refractivity contribution in [3.63, 3.8) is 0 Å². The summed E-state index contributed by atoms with van der Waals surface area (Å²) in [5, 5.41) is 3.34. The molecule has 43 heavy (non-hydrogen) atoms. The van der Waals surface area contributed by atoms with Crippen molar-refractivity contribution in [3.05, 3.63) is 83.9 Å². The third kappa shape index (κ3) is 6.06. The summed E-state index contributed by atoms with van der Waals surface area (Å²) in [6, 6.07) is 26.0. The number of nitrogens with zero attached hydrogens (tertiary/aromatic N) is 2. The van der Waals surface area contributed by atoms with Gasteiger partial charge >= 0.3 is 0 Å². The Morgan fingerprint density at radius 3 is 2.14 bits per heavy atom. The van der Waals surface area contributed by atoms with Crippen molar-refractivity contribution < 1.29 is 9.53 Å². The summed E-state index contributed by atoms with van der Waals surface area (Å²) in [5.74, 6) is 3.76. The van der Waals surface area contributed by atoms with Crippen LogP contribution in [-0.2, 0) is 0 Å². The van der Waals surface area contributed by atoms with Gasteiger partial charge in [-0.1, -0.05) is 36.4 Å². The van der Waals surface area contributed by atoms with Crippen LogP contribution < -0.4 is 15.0 Å². The molecule has 5 nitrogen and oxygen atoms in total. The molecule has 0 aromatic heterocycles. The van der Waals surface area contributed by atoms with Crippen LogP contribution in [-0.4, -0.2) is 50.1 Å². The summed E-state index contributed by atoms with van der Waals surface area (Å²) in [6.07, 6.45) is 8.33. The summed E-state index contributed by atoms with van der Waals surface area (Å²) in [4.78, 5) is 18.1. The molecule has 5 fully saturated rings. The van der Waals surface area contributed by atoms with Gasteiger partial charge in [0.15, 0.2) is 0 Å². The van der Waals surface area contributed by atoms with Crippen molar-refractivity contribution in [3.8, 4) is 16.9 Å². The van der Waals surface area contributed by atoms with Crippen molar-refractivity contribution in [2.45, 2.75) is 58.4 Å². The highest BCUT2D eigenvalue weighted by Crippen LogP contribution is 2.59. The van der Waals surface area contributed by atoms with Gasteiger partial charge in [0, 0.05) is 50.0 Å². The van der Waals surface area contributed by atoms with E-state index in [9.17, 15) is 4.79 Å². The second-order valence-corrected chi connectivity index (χ2v) is 13.9. The molecule has 8 rings (SSSR count). The van der Waals surface area contributed by atoms with Gasteiger partial charge in [0.2, 0.25) is 0 Å². The summed E-state index contributed by atoms with van der Waals surface area (Å²) >= 11 is 0. The van der Waals surface area contributed by atoms with Crippen LogP contribution in [0.5, 0.6) is 5.75 Å². The number of amides is 1. The van der Waals surface area contributed by atoms with Crippen molar-refractivity contribution in [1.82, 2.24) is 10.2 Å². The Hall–Kier alpha value is -3.31. The maximum atomic E-state index is 13.1. The van der Waals surface area contributed by atoms with E-state index >= 15 is 0 Å². The van der Waals surface area contributed by atoms with Gasteiger partial charge in [-0.15, -0.1) is 0 Å². The Balaban J connectivity index is 0.905. The molecule has 0 radical (unpaired) electrons. The van der Waals surface area contributed by atoms with E-state index in [1.165, 1.54) is 60.9 Å². The van der Waals surface area contributed by atoms with Crippen molar-refractivity contribution in [2.75, 3.05) is 44.2 Å². The lowest BCUT2D eigenvalue weighted by Crippen LogP contribution is -2.51. The van der Waals surface area contributed by atoms with Gasteiger partial charge in [-0.3, -0.25) is 9.69 Å². The first-order chi connectivity index (χ1) is 21.0. The van der Waals surface area contributed by atoms with E-state index in [1.54, 1.807) is 0 Å². The number of carbonyl (C=O) groups is 1. The average Bonchev–Trinajstić information content (AvgIpc) is 3.03. The fraction of sp³-hybridized carbons (Fsp3) is 0.500. The standard InChI is InChI=1S/C38H47N3O2/c1-3-43-36-6-4-5-34(22-36)32-9-7-31(8-10-32)27(2)40-15-17-41(18-16-40)35-13-11-33(12-14-35)37(42)39-26-38-23-28-19-29(24-38)21-30(20-28)25-38/h4-14,22,27-30H,3,15-21,23-26H2,1-2H3,(H,39,42). The van der Waals surface area contributed by atoms with E-state index in [4.69, 9.17) is 4.74 Å². The smallest absolute Gasteiger partial charge is 0.251 e. The number of hydrogen-bond acceptors (Lipinski definition) is 4. The zero-order chi connectivity index (χ0) is 29.4. The predicted molar refractivity (Wildman–Crippen MR) is 175 cm³/mol. The number of carbonyl (C=O) groups excluding carboxylic acids is 1. The summed E-state index contributed by atoms with van der Waals surface area (Å²) in [6.45, 7) is 9.89. The predicted octanol–water partition coefficient (Wildman–Crippen LogP) is 7.58. The molecule has 4 bridgehead atoms. The molecule has 5 heteroatoms. The number of benzene rings is 3. The maximum absolute atomic E-state index is 13.1. The minimum atomic E-state index is 0.0916. The van der Waals surface area contributed by atoms with Gasteiger partial charge in [-0.05, 0) is 129 Å². The maximum Gasteiger partial charge on any atom is 0.251 e. The fourth-order valence-corrected chi connectivity index (χ4v) is 9.16. The van der Waals surface area contributed by atoms with Crippen molar-refractivity contribution in [2.24, 2.45) is 23.2 Å². The second kappa shape index (κ2) is 12.0. The largest absolute Gasteiger partial charge is 0.494 e. The number of ether oxygens (including phenoxy) is 1. The average molecular weight is 578 g/mol. The third-order valence-electron chi connectivity index (χ3n) is 11.0. The number of piperazine rings is 1. The Morgan fingerprint density at radius 2 is 1.51 bits per heavy atom. The number of rotatable bonds is 9. The number of hydrogen-bond donors (Lipinski definition) is 1. The van der Waals surface area contributed by atoms with Gasteiger partial charge in [-0.2, -0.15) is 0 Å². The monoisotopic (exact) mass is 577 g/mol. The van der Waals surface area contributed by atoms with Gasteiger partial charge in [0.25, 0.3) is 5.91 Å². The van der Waals surface area contributed by atoms with E-state index in [2.05, 4.69) is 76.6 Å². The lowest BCUT2D eigenvalue weighted by atomic mass is 9.49. The minimum absolute atomic E-state index is 0.0916. The molecule has 1 N–H and O–H groups in total. The van der Waals surface area contributed by atoms with Crippen LogP contribution in [0.4, 0.5) is 5.69 Å². The highest BCUT2D eigenvalue weighted by Gasteiger charge is 2.50. The topological polar surface area (TPSA) is 44.8 Å².